The van der Waals surface area contributed by atoms with Gasteiger partial charge in [0.05, 0.1) is 17.5 Å². The normalized spacial score (nSPS) is 12.6. The summed E-state index contributed by atoms with van der Waals surface area (Å²) in [6.07, 6.45) is 10.6. The van der Waals surface area contributed by atoms with E-state index in [1.807, 2.05) is 6.92 Å². The number of aromatic nitrogens is 3. The number of nitrogens with zero attached hydrogens (tertiary/aromatic N) is 3. The number of pyridine rings is 3. The number of ether oxygens (including phenoxy) is 1. The zero-order chi connectivity index (χ0) is 27.3. The van der Waals surface area contributed by atoms with Crippen LogP contribution in [0.5, 0.6) is 5.75 Å². The molecule has 0 saturated carbocycles. The number of halogens is 3. The van der Waals surface area contributed by atoms with Crippen LogP contribution >= 0.6 is 11.6 Å². The minimum Gasteiger partial charge on any atom is -0.485 e. The van der Waals surface area contributed by atoms with Crippen molar-refractivity contribution in [3.8, 4) is 5.75 Å². The monoisotopic (exact) mass is 529 g/mol. The van der Waals surface area contributed by atoms with Gasteiger partial charge in [-0.15, -0.1) is 0 Å². The zero-order valence-electron chi connectivity index (χ0n) is 20.7. The van der Waals surface area contributed by atoms with Gasteiger partial charge in [0.25, 0.3) is 11.1 Å². The Kier molecular flexibility index (Phi) is 8.62. The molecule has 10 heteroatoms. The lowest BCUT2D eigenvalue weighted by Gasteiger charge is -2.18. The first-order chi connectivity index (χ1) is 17.4. The molecule has 0 spiro atoms. The van der Waals surface area contributed by atoms with Crippen LogP contribution in [0.4, 0.5) is 8.78 Å². The number of aliphatic hydroxyl groups is 1. The first-order valence-corrected chi connectivity index (χ1v) is 11.6. The lowest BCUT2D eigenvalue weighted by atomic mass is 10.0. The van der Waals surface area contributed by atoms with E-state index in [-0.39, 0.29) is 28.6 Å². The summed E-state index contributed by atoms with van der Waals surface area (Å²) < 4.78 is 35.0. The van der Waals surface area contributed by atoms with E-state index in [1.165, 1.54) is 35.2 Å². The van der Waals surface area contributed by atoms with Gasteiger partial charge in [0, 0.05) is 35.8 Å². The summed E-state index contributed by atoms with van der Waals surface area (Å²) in [7, 11) is 0. The first-order valence-electron chi connectivity index (χ1n) is 11.2. The van der Waals surface area contributed by atoms with Crippen molar-refractivity contribution in [1.82, 2.24) is 14.1 Å². The van der Waals surface area contributed by atoms with Crippen LogP contribution < -0.4 is 15.9 Å². The van der Waals surface area contributed by atoms with Crippen molar-refractivity contribution < 1.29 is 18.6 Å². The molecule has 0 atom stereocenters. The van der Waals surface area contributed by atoms with Crippen LogP contribution in [0, 0.1) is 18.6 Å². The smallest absolute Gasteiger partial charge is 0.277 e. The van der Waals surface area contributed by atoms with Gasteiger partial charge in [0.1, 0.15) is 28.9 Å². The van der Waals surface area contributed by atoms with Gasteiger partial charge in [-0.05, 0) is 52.0 Å². The standard InChI is InChI=1S/C27H26ClF2N3O4/c1-5-6-8-19(33-11-7-9-20(25(33)34)27(3,4)36)10-12-32-17(2)13-23(24(28)26(32)35)37-16-22-21(30)14-18(29)15-31-22/h5-15,36H,16H2,1-4H3/b6-5+,12-10+,19-8+. The van der Waals surface area contributed by atoms with E-state index >= 15 is 0 Å². The van der Waals surface area contributed by atoms with E-state index in [1.54, 1.807) is 49.6 Å². The quantitative estimate of drug-likeness (QED) is 0.413. The fourth-order valence-corrected chi connectivity index (χ4v) is 3.60. The summed E-state index contributed by atoms with van der Waals surface area (Å²) in [5.74, 6) is -1.69. The van der Waals surface area contributed by atoms with E-state index in [9.17, 15) is 23.5 Å². The summed E-state index contributed by atoms with van der Waals surface area (Å²) in [5.41, 5.74) is -1.44. The molecule has 0 saturated heterocycles. The number of allylic oxidation sites excluding steroid dienone is 5. The highest BCUT2D eigenvalue weighted by Gasteiger charge is 2.21. The third-order valence-corrected chi connectivity index (χ3v) is 5.68. The molecule has 0 aliphatic rings. The number of hydrogen-bond acceptors (Lipinski definition) is 5. The van der Waals surface area contributed by atoms with E-state index < -0.39 is 28.4 Å². The third kappa shape index (κ3) is 6.49. The van der Waals surface area contributed by atoms with Crippen molar-refractivity contribution in [3.63, 3.8) is 0 Å². The molecule has 0 amide bonds. The molecule has 37 heavy (non-hydrogen) atoms. The molecular weight excluding hydrogens is 504 g/mol. The molecular formula is C27H26ClF2N3O4. The van der Waals surface area contributed by atoms with E-state index in [0.29, 0.717) is 17.5 Å². The summed E-state index contributed by atoms with van der Waals surface area (Å²) in [6, 6.07) is 5.37. The van der Waals surface area contributed by atoms with E-state index in [2.05, 4.69) is 4.98 Å². The van der Waals surface area contributed by atoms with Gasteiger partial charge in [-0.25, -0.2) is 8.78 Å². The van der Waals surface area contributed by atoms with Crippen molar-refractivity contribution in [3.05, 3.63) is 115 Å². The predicted octanol–water partition coefficient (Wildman–Crippen LogP) is 5.04. The number of hydrogen-bond donors (Lipinski definition) is 1. The van der Waals surface area contributed by atoms with E-state index in [0.717, 1.165) is 6.20 Å². The minimum absolute atomic E-state index is 0.0121. The second-order valence-electron chi connectivity index (χ2n) is 8.60. The molecule has 194 valence electrons. The molecule has 0 aromatic carbocycles. The maximum absolute atomic E-state index is 13.9. The molecule has 0 unspecified atom stereocenters. The highest BCUT2D eigenvalue weighted by molar-refractivity contribution is 6.31. The van der Waals surface area contributed by atoms with Crippen LogP contribution in [0.1, 0.15) is 37.7 Å². The molecule has 0 bridgehead atoms. The van der Waals surface area contributed by atoms with Crippen molar-refractivity contribution in [2.24, 2.45) is 0 Å². The summed E-state index contributed by atoms with van der Waals surface area (Å²) in [5, 5.41) is 10.1. The first kappa shape index (κ1) is 27.8. The van der Waals surface area contributed by atoms with Crippen LogP contribution in [0.3, 0.4) is 0 Å². The molecule has 3 aromatic heterocycles. The topological polar surface area (TPSA) is 86.3 Å². The van der Waals surface area contributed by atoms with Crippen molar-refractivity contribution in [1.29, 1.82) is 0 Å². The fraction of sp³-hybridized carbons (Fsp3) is 0.222. The number of aryl methyl sites for hydroxylation is 1. The molecule has 3 aromatic rings. The molecule has 0 aliphatic heterocycles. The summed E-state index contributed by atoms with van der Waals surface area (Å²) >= 11 is 6.24. The summed E-state index contributed by atoms with van der Waals surface area (Å²) in [6.45, 7) is 6.14. The molecule has 0 fully saturated rings. The molecule has 0 radical (unpaired) electrons. The predicted molar refractivity (Wildman–Crippen MR) is 139 cm³/mol. The van der Waals surface area contributed by atoms with Crippen molar-refractivity contribution >= 4 is 23.5 Å². The second kappa shape index (κ2) is 11.5. The summed E-state index contributed by atoms with van der Waals surface area (Å²) in [4.78, 5) is 29.7. The lowest BCUT2D eigenvalue weighted by molar-refractivity contribution is 0.0768. The van der Waals surface area contributed by atoms with Gasteiger partial charge >= 0.3 is 0 Å². The minimum atomic E-state index is -1.35. The molecule has 3 heterocycles. The van der Waals surface area contributed by atoms with Crippen LogP contribution in [0.15, 0.2) is 70.6 Å². The zero-order valence-corrected chi connectivity index (χ0v) is 21.5. The maximum atomic E-state index is 13.9. The Morgan fingerprint density at radius 1 is 1.24 bits per heavy atom. The maximum Gasteiger partial charge on any atom is 0.277 e. The highest BCUT2D eigenvalue weighted by atomic mass is 35.5. The molecule has 1 N–H and O–H groups in total. The molecule has 7 nitrogen and oxygen atoms in total. The largest absolute Gasteiger partial charge is 0.485 e. The Labute approximate surface area is 217 Å². The Morgan fingerprint density at radius 2 is 1.97 bits per heavy atom. The van der Waals surface area contributed by atoms with Gasteiger partial charge in [0.2, 0.25) is 0 Å². The van der Waals surface area contributed by atoms with Crippen LogP contribution in [0.25, 0.3) is 11.9 Å². The SMILES string of the molecule is C/C=C/C=C(\C=C\n1c(C)cc(OCc2ncc(F)cc2F)c(Cl)c1=O)n1cccc(C(C)(C)O)c1=O. The van der Waals surface area contributed by atoms with E-state index in [4.69, 9.17) is 16.3 Å². The molecule has 0 aliphatic carbocycles. The van der Waals surface area contributed by atoms with Gasteiger partial charge in [-0.2, -0.15) is 0 Å². The van der Waals surface area contributed by atoms with Gasteiger partial charge in [0.15, 0.2) is 5.82 Å². The Balaban J connectivity index is 1.97. The average molecular weight is 530 g/mol. The van der Waals surface area contributed by atoms with Crippen LogP contribution in [0.2, 0.25) is 5.02 Å². The highest BCUT2D eigenvalue weighted by Crippen LogP contribution is 2.24. The lowest BCUT2D eigenvalue weighted by Crippen LogP contribution is -2.31. The fourth-order valence-electron chi connectivity index (χ4n) is 3.40. The Hall–Kier alpha value is -3.82. The average Bonchev–Trinajstić information content (AvgIpc) is 2.83. The van der Waals surface area contributed by atoms with Gasteiger partial charge in [-0.1, -0.05) is 23.8 Å². The van der Waals surface area contributed by atoms with Crippen molar-refractivity contribution in [2.45, 2.75) is 39.9 Å². The Bertz CT molecular complexity index is 1520. The van der Waals surface area contributed by atoms with Gasteiger partial charge < -0.3 is 9.84 Å². The van der Waals surface area contributed by atoms with Crippen molar-refractivity contribution in [2.75, 3.05) is 0 Å². The van der Waals surface area contributed by atoms with Crippen LogP contribution in [-0.2, 0) is 12.2 Å². The Morgan fingerprint density at radius 3 is 2.62 bits per heavy atom. The third-order valence-electron chi connectivity index (χ3n) is 5.33. The second-order valence-corrected chi connectivity index (χ2v) is 8.98. The number of rotatable bonds is 8. The van der Waals surface area contributed by atoms with Gasteiger partial charge in [-0.3, -0.25) is 23.7 Å². The van der Waals surface area contributed by atoms with Crippen LogP contribution in [-0.4, -0.2) is 19.2 Å². The molecule has 3 rings (SSSR count).